The predicted octanol–water partition coefficient (Wildman–Crippen LogP) is 3.36. The van der Waals surface area contributed by atoms with Crippen molar-refractivity contribution < 1.29 is 18.3 Å². The van der Waals surface area contributed by atoms with Crippen molar-refractivity contribution in [2.75, 3.05) is 0 Å². The fourth-order valence-electron chi connectivity index (χ4n) is 1.64. The van der Waals surface area contributed by atoms with Gasteiger partial charge in [-0.3, -0.25) is 0 Å². The molecule has 1 saturated carbocycles. The Balaban J connectivity index is 2.34. The lowest BCUT2D eigenvalue weighted by Gasteiger charge is -2.12. The molecule has 0 aromatic heterocycles. The Hall–Kier alpha value is -1.19. The van der Waals surface area contributed by atoms with Crippen LogP contribution in [0.3, 0.4) is 0 Å². The number of rotatable bonds is 2. The number of aromatic hydroxyl groups is 1. The Morgan fingerprint density at radius 3 is 2.47 bits per heavy atom. The first-order valence-corrected chi connectivity index (χ1v) is 4.86. The molecule has 0 amide bonds. The third kappa shape index (κ3) is 2.43. The number of phenols is 1. The first-order chi connectivity index (χ1) is 6.97. The lowest BCUT2D eigenvalue weighted by atomic mass is 10.0. The van der Waals surface area contributed by atoms with Gasteiger partial charge in [-0.1, -0.05) is 6.07 Å². The van der Waals surface area contributed by atoms with E-state index in [1.807, 2.05) is 0 Å². The number of benzene rings is 1. The first kappa shape index (κ1) is 10.3. The molecule has 2 rings (SSSR count). The maximum atomic E-state index is 12.6. The summed E-state index contributed by atoms with van der Waals surface area (Å²) in [6.45, 7) is 0. The minimum absolute atomic E-state index is 0.294. The van der Waals surface area contributed by atoms with Crippen LogP contribution < -0.4 is 0 Å². The number of hydrogen-bond acceptors (Lipinski definition) is 1. The molecule has 1 fully saturated rings. The highest BCUT2D eigenvalue weighted by Crippen LogP contribution is 2.39. The molecular weight excluding hydrogens is 205 g/mol. The third-order valence-electron chi connectivity index (χ3n) is 2.60. The zero-order valence-corrected chi connectivity index (χ0v) is 8.01. The van der Waals surface area contributed by atoms with Crippen LogP contribution in [0.25, 0.3) is 0 Å². The van der Waals surface area contributed by atoms with Gasteiger partial charge < -0.3 is 5.11 Å². The van der Waals surface area contributed by atoms with E-state index in [1.165, 1.54) is 12.1 Å². The molecule has 1 aliphatic carbocycles. The van der Waals surface area contributed by atoms with Crippen molar-refractivity contribution in [2.45, 2.75) is 25.4 Å². The summed E-state index contributed by atoms with van der Waals surface area (Å²) in [4.78, 5) is 0. The van der Waals surface area contributed by atoms with E-state index in [4.69, 9.17) is 5.11 Å². The Morgan fingerprint density at radius 1 is 1.27 bits per heavy atom. The largest absolute Gasteiger partial charge is 0.508 e. The molecule has 1 N–H and O–H groups in total. The molecule has 1 aromatic carbocycles. The van der Waals surface area contributed by atoms with Gasteiger partial charge in [0.2, 0.25) is 0 Å². The molecule has 0 saturated heterocycles. The molecule has 0 spiro atoms. The molecular formula is C11H11F3O. The van der Waals surface area contributed by atoms with Crippen LogP contribution in [0.5, 0.6) is 5.75 Å². The first-order valence-electron chi connectivity index (χ1n) is 4.86. The van der Waals surface area contributed by atoms with Crippen LogP contribution in [0, 0.1) is 5.92 Å². The van der Waals surface area contributed by atoms with Crippen molar-refractivity contribution in [2.24, 2.45) is 5.92 Å². The molecule has 1 aromatic rings. The summed E-state index contributed by atoms with van der Waals surface area (Å²) < 4.78 is 37.8. The monoisotopic (exact) mass is 216 g/mol. The zero-order valence-electron chi connectivity index (χ0n) is 8.01. The molecule has 0 unspecified atom stereocenters. The minimum atomic E-state index is -4.37. The summed E-state index contributed by atoms with van der Waals surface area (Å²) in [5, 5.41) is 9.05. The third-order valence-corrected chi connectivity index (χ3v) is 2.60. The van der Waals surface area contributed by atoms with E-state index in [0.29, 0.717) is 17.9 Å². The quantitative estimate of drug-likeness (QED) is 0.803. The minimum Gasteiger partial charge on any atom is -0.508 e. The maximum absolute atomic E-state index is 12.6. The average Bonchev–Trinajstić information content (AvgIpc) is 2.90. The Morgan fingerprint density at radius 2 is 1.93 bits per heavy atom. The Labute approximate surface area is 85.5 Å². The second-order valence-electron chi connectivity index (χ2n) is 3.99. The van der Waals surface area contributed by atoms with Crippen molar-refractivity contribution in [1.82, 2.24) is 0 Å². The summed E-state index contributed by atoms with van der Waals surface area (Å²) in [7, 11) is 0. The molecule has 0 aliphatic heterocycles. The standard InChI is InChI=1S/C11H11F3O/c12-11(13,14)10-6-9(15)4-3-8(10)5-7-1-2-7/h3-4,6-7,15H,1-2,5H2. The van der Waals surface area contributed by atoms with Crippen LogP contribution in [0.2, 0.25) is 0 Å². The van der Waals surface area contributed by atoms with E-state index in [-0.39, 0.29) is 5.75 Å². The molecule has 15 heavy (non-hydrogen) atoms. The van der Waals surface area contributed by atoms with Gasteiger partial charge in [0.25, 0.3) is 0 Å². The molecule has 0 heterocycles. The molecule has 0 bridgehead atoms. The number of alkyl halides is 3. The maximum Gasteiger partial charge on any atom is 0.416 e. The smallest absolute Gasteiger partial charge is 0.416 e. The average molecular weight is 216 g/mol. The number of halogens is 3. The number of phenolic OH excluding ortho intramolecular Hbond substituents is 1. The van der Waals surface area contributed by atoms with Gasteiger partial charge in [-0.25, -0.2) is 0 Å². The van der Waals surface area contributed by atoms with Crippen LogP contribution in [0.15, 0.2) is 18.2 Å². The van der Waals surface area contributed by atoms with Crippen LogP contribution >= 0.6 is 0 Å². The second-order valence-corrected chi connectivity index (χ2v) is 3.99. The topological polar surface area (TPSA) is 20.2 Å². The van der Waals surface area contributed by atoms with Gasteiger partial charge in [0, 0.05) is 0 Å². The van der Waals surface area contributed by atoms with E-state index in [1.54, 1.807) is 0 Å². The fraction of sp³-hybridized carbons (Fsp3) is 0.455. The van der Waals surface area contributed by atoms with Gasteiger partial charge in [-0.05, 0) is 42.9 Å². The molecule has 0 radical (unpaired) electrons. The van der Waals surface area contributed by atoms with Crippen molar-refractivity contribution >= 4 is 0 Å². The van der Waals surface area contributed by atoms with Gasteiger partial charge in [0.15, 0.2) is 0 Å². The van der Waals surface area contributed by atoms with Crippen LogP contribution in [0.4, 0.5) is 13.2 Å². The van der Waals surface area contributed by atoms with Gasteiger partial charge in [0.1, 0.15) is 5.75 Å². The van der Waals surface area contributed by atoms with Crippen molar-refractivity contribution in [1.29, 1.82) is 0 Å². The van der Waals surface area contributed by atoms with Gasteiger partial charge in [-0.15, -0.1) is 0 Å². The highest BCUT2D eigenvalue weighted by molar-refractivity contribution is 5.37. The van der Waals surface area contributed by atoms with Gasteiger partial charge >= 0.3 is 6.18 Å². The summed E-state index contributed by atoms with van der Waals surface area (Å²) in [5.74, 6) is 0.0671. The van der Waals surface area contributed by atoms with Gasteiger partial charge in [-0.2, -0.15) is 13.2 Å². The molecule has 0 atom stereocenters. The van der Waals surface area contributed by atoms with Crippen LogP contribution in [0.1, 0.15) is 24.0 Å². The molecule has 1 nitrogen and oxygen atoms in total. The SMILES string of the molecule is Oc1ccc(CC2CC2)c(C(F)(F)F)c1. The highest BCUT2D eigenvalue weighted by Gasteiger charge is 2.35. The van der Waals surface area contributed by atoms with Crippen molar-refractivity contribution in [3.8, 4) is 5.75 Å². The summed E-state index contributed by atoms with van der Waals surface area (Å²) >= 11 is 0. The zero-order chi connectivity index (χ0) is 11.1. The predicted molar refractivity (Wildman–Crippen MR) is 49.5 cm³/mol. The second kappa shape index (κ2) is 3.43. The summed E-state index contributed by atoms with van der Waals surface area (Å²) in [6.07, 6.45) is -1.88. The highest BCUT2D eigenvalue weighted by atomic mass is 19.4. The summed E-state index contributed by atoms with van der Waals surface area (Å²) in [5.41, 5.74) is -0.405. The molecule has 1 aliphatic rings. The van der Waals surface area contributed by atoms with Gasteiger partial charge in [0.05, 0.1) is 5.56 Å². The lowest BCUT2D eigenvalue weighted by molar-refractivity contribution is -0.138. The van der Waals surface area contributed by atoms with Crippen LogP contribution in [-0.4, -0.2) is 5.11 Å². The van der Waals surface area contributed by atoms with E-state index in [0.717, 1.165) is 18.9 Å². The van der Waals surface area contributed by atoms with Crippen molar-refractivity contribution in [3.63, 3.8) is 0 Å². The van der Waals surface area contributed by atoms with Crippen LogP contribution in [-0.2, 0) is 12.6 Å². The van der Waals surface area contributed by atoms with E-state index >= 15 is 0 Å². The summed E-state index contributed by atoms with van der Waals surface area (Å²) in [6, 6.07) is 3.49. The van der Waals surface area contributed by atoms with E-state index in [2.05, 4.69) is 0 Å². The van der Waals surface area contributed by atoms with E-state index < -0.39 is 11.7 Å². The Bertz CT molecular complexity index is 367. The molecule has 4 heteroatoms. The number of hydrogen-bond donors (Lipinski definition) is 1. The fourth-order valence-corrected chi connectivity index (χ4v) is 1.64. The molecule has 82 valence electrons. The van der Waals surface area contributed by atoms with E-state index in [9.17, 15) is 13.2 Å². The van der Waals surface area contributed by atoms with Crippen molar-refractivity contribution in [3.05, 3.63) is 29.3 Å². The normalized spacial score (nSPS) is 16.7. The lowest BCUT2D eigenvalue weighted by Crippen LogP contribution is -2.09. The Kier molecular flexibility index (Phi) is 2.37.